The molecule has 0 amide bonds. The molecular weight excluding hydrogens is 260 g/mol. The fraction of sp³-hybridized carbons (Fsp3) is 0.200. The average molecular weight is 273 g/mol. The Morgan fingerprint density at radius 3 is 2.58 bits per heavy atom. The first kappa shape index (κ1) is 12.2. The van der Waals surface area contributed by atoms with E-state index in [-0.39, 0.29) is 5.56 Å². The Morgan fingerprint density at radius 1 is 1.21 bits per heavy atom. The summed E-state index contributed by atoms with van der Waals surface area (Å²) in [5, 5.41) is 5.13. The average Bonchev–Trinajstić information content (AvgIpc) is 3.20. The van der Waals surface area contributed by atoms with Crippen molar-refractivity contribution in [1.82, 2.24) is 9.78 Å². The van der Waals surface area contributed by atoms with Crippen molar-refractivity contribution in [2.24, 2.45) is 0 Å². The monoisotopic (exact) mass is 272 g/mol. The van der Waals surface area contributed by atoms with Crippen LogP contribution >= 0.6 is 11.6 Å². The summed E-state index contributed by atoms with van der Waals surface area (Å²) in [5.41, 5.74) is 4.02. The zero-order valence-electron chi connectivity index (χ0n) is 10.6. The van der Waals surface area contributed by atoms with Gasteiger partial charge in [0.2, 0.25) is 0 Å². The lowest BCUT2D eigenvalue weighted by Gasteiger charge is -2.04. The molecule has 1 aliphatic carbocycles. The summed E-state index contributed by atoms with van der Waals surface area (Å²) in [6.45, 7) is 2.09. The van der Waals surface area contributed by atoms with Crippen LogP contribution in [0.3, 0.4) is 0 Å². The minimum atomic E-state index is -0.0730. The van der Waals surface area contributed by atoms with Crippen molar-refractivity contribution in [1.29, 1.82) is 0 Å². The molecule has 0 N–H and O–H groups in total. The quantitative estimate of drug-likeness (QED) is 0.856. The van der Waals surface area contributed by atoms with Gasteiger partial charge in [-0.3, -0.25) is 4.79 Å². The zero-order valence-corrected chi connectivity index (χ0v) is 11.3. The van der Waals surface area contributed by atoms with Crippen LogP contribution in [0.4, 0.5) is 0 Å². The van der Waals surface area contributed by atoms with E-state index in [1.54, 1.807) is 12.1 Å². The molecule has 0 atom stereocenters. The highest BCUT2D eigenvalue weighted by molar-refractivity contribution is 6.30. The summed E-state index contributed by atoms with van der Waals surface area (Å²) in [7, 11) is 0. The SMILES string of the molecule is CCC1=C(n2nc(-c3ccc(Cl)cc3)ccc2=O)C1. The van der Waals surface area contributed by atoms with Gasteiger partial charge in [0.05, 0.1) is 5.69 Å². The molecule has 1 aliphatic rings. The zero-order chi connectivity index (χ0) is 13.4. The number of hydrogen-bond donors (Lipinski definition) is 0. The molecule has 0 spiro atoms. The van der Waals surface area contributed by atoms with Crippen LogP contribution < -0.4 is 5.56 Å². The molecule has 1 aromatic carbocycles. The molecule has 0 unspecified atom stereocenters. The standard InChI is InChI=1S/C15H13ClN2O/c1-2-10-9-14(10)18-15(19)8-7-13(17-18)11-3-5-12(16)6-4-11/h3-8H,2,9H2,1H3. The first-order valence-corrected chi connectivity index (χ1v) is 6.64. The molecule has 0 saturated carbocycles. The summed E-state index contributed by atoms with van der Waals surface area (Å²) in [6.07, 6.45) is 1.88. The highest BCUT2D eigenvalue weighted by atomic mass is 35.5. The molecule has 19 heavy (non-hydrogen) atoms. The number of rotatable bonds is 3. The van der Waals surface area contributed by atoms with Gasteiger partial charge in [0, 0.05) is 28.8 Å². The Labute approximate surface area is 116 Å². The number of aromatic nitrogens is 2. The van der Waals surface area contributed by atoms with Crippen molar-refractivity contribution < 1.29 is 0 Å². The molecule has 0 aliphatic heterocycles. The number of benzene rings is 1. The molecule has 1 aromatic heterocycles. The molecule has 0 saturated heterocycles. The molecule has 2 aromatic rings. The number of nitrogens with zero attached hydrogens (tertiary/aromatic N) is 2. The maximum absolute atomic E-state index is 11.8. The lowest BCUT2D eigenvalue weighted by Crippen LogP contribution is -2.18. The van der Waals surface area contributed by atoms with Crippen molar-refractivity contribution in [2.75, 3.05) is 0 Å². The largest absolute Gasteiger partial charge is 0.271 e. The Kier molecular flexibility index (Phi) is 2.99. The number of hydrogen-bond acceptors (Lipinski definition) is 2. The van der Waals surface area contributed by atoms with E-state index in [0.717, 1.165) is 29.8 Å². The first-order chi connectivity index (χ1) is 9.19. The van der Waals surface area contributed by atoms with E-state index in [2.05, 4.69) is 12.0 Å². The second-order valence-corrected chi connectivity index (χ2v) is 4.99. The van der Waals surface area contributed by atoms with E-state index in [0.29, 0.717) is 5.02 Å². The second-order valence-electron chi connectivity index (χ2n) is 4.56. The summed E-state index contributed by atoms with van der Waals surface area (Å²) in [4.78, 5) is 11.8. The van der Waals surface area contributed by atoms with E-state index in [9.17, 15) is 4.79 Å². The van der Waals surface area contributed by atoms with Crippen LogP contribution in [0.2, 0.25) is 5.02 Å². The minimum Gasteiger partial charge on any atom is -0.267 e. The fourth-order valence-electron chi connectivity index (χ4n) is 2.09. The van der Waals surface area contributed by atoms with Crippen LogP contribution in [0, 0.1) is 0 Å². The van der Waals surface area contributed by atoms with Crippen LogP contribution in [-0.2, 0) is 0 Å². The predicted octanol–water partition coefficient (Wildman–Crippen LogP) is 3.59. The van der Waals surface area contributed by atoms with Gasteiger partial charge in [0.15, 0.2) is 0 Å². The summed E-state index contributed by atoms with van der Waals surface area (Å²) in [6, 6.07) is 10.8. The van der Waals surface area contributed by atoms with Crippen LogP contribution in [0.1, 0.15) is 19.8 Å². The number of halogens is 1. The maximum Gasteiger partial charge on any atom is 0.271 e. The molecule has 1 heterocycles. The second kappa shape index (κ2) is 4.67. The molecule has 0 radical (unpaired) electrons. The first-order valence-electron chi connectivity index (χ1n) is 6.26. The summed E-state index contributed by atoms with van der Waals surface area (Å²) in [5.74, 6) is 0. The molecule has 0 fully saturated rings. The van der Waals surface area contributed by atoms with Crippen LogP contribution in [-0.4, -0.2) is 9.78 Å². The van der Waals surface area contributed by atoms with Crippen molar-refractivity contribution in [3.8, 4) is 11.3 Å². The minimum absolute atomic E-state index is 0.0730. The number of allylic oxidation sites excluding steroid dienone is 2. The molecule has 3 nitrogen and oxygen atoms in total. The van der Waals surface area contributed by atoms with Crippen LogP contribution in [0.15, 0.2) is 46.8 Å². The van der Waals surface area contributed by atoms with Gasteiger partial charge in [0.25, 0.3) is 5.56 Å². The van der Waals surface area contributed by atoms with E-state index < -0.39 is 0 Å². The molecule has 3 rings (SSSR count). The van der Waals surface area contributed by atoms with Crippen LogP contribution in [0.25, 0.3) is 17.0 Å². The highest BCUT2D eigenvalue weighted by Gasteiger charge is 2.23. The van der Waals surface area contributed by atoms with Crippen molar-refractivity contribution in [3.05, 3.63) is 57.3 Å². The Hall–Kier alpha value is -1.87. The van der Waals surface area contributed by atoms with Gasteiger partial charge in [-0.15, -0.1) is 0 Å². The Balaban J connectivity index is 2.05. The van der Waals surface area contributed by atoms with E-state index in [4.69, 9.17) is 11.6 Å². The normalized spacial score (nSPS) is 13.8. The van der Waals surface area contributed by atoms with Crippen molar-refractivity contribution in [2.45, 2.75) is 19.8 Å². The topological polar surface area (TPSA) is 34.9 Å². The lowest BCUT2D eigenvalue weighted by molar-refractivity contribution is 0.839. The van der Waals surface area contributed by atoms with Gasteiger partial charge in [-0.05, 0) is 30.2 Å². The third-order valence-electron chi connectivity index (χ3n) is 3.29. The third-order valence-corrected chi connectivity index (χ3v) is 3.54. The Bertz CT molecular complexity index is 714. The molecule has 4 heteroatoms. The maximum atomic E-state index is 11.8. The van der Waals surface area contributed by atoms with Crippen LogP contribution in [0.5, 0.6) is 0 Å². The van der Waals surface area contributed by atoms with E-state index in [1.165, 1.54) is 10.3 Å². The lowest BCUT2D eigenvalue weighted by atomic mass is 10.1. The van der Waals surface area contributed by atoms with Gasteiger partial charge in [-0.25, -0.2) is 4.68 Å². The van der Waals surface area contributed by atoms with Gasteiger partial charge < -0.3 is 0 Å². The predicted molar refractivity (Wildman–Crippen MR) is 77.1 cm³/mol. The van der Waals surface area contributed by atoms with Gasteiger partial charge in [0.1, 0.15) is 0 Å². The molecular formula is C15H13ClN2O. The Morgan fingerprint density at radius 2 is 1.95 bits per heavy atom. The van der Waals surface area contributed by atoms with Crippen molar-refractivity contribution in [3.63, 3.8) is 0 Å². The van der Waals surface area contributed by atoms with Gasteiger partial charge >= 0.3 is 0 Å². The summed E-state index contributed by atoms with van der Waals surface area (Å²) < 4.78 is 1.52. The highest BCUT2D eigenvalue weighted by Crippen LogP contribution is 2.36. The van der Waals surface area contributed by atoms with E-state index in [1.807, 2.05) is 24.3 Å². The van der Waals surface area contributed by atoms with Gasteiger partial charge in [-0.2, -0.15) is 5.10 Å². The van der Waals surface area contributed by atoms with Crippen molar-refractivity contribution >= 4 is 17.3 Å². The summed E-state index contributed by atoms with van der Waals surface area (Å²) >= 11 is 5.87. The third kappa shape index (κ3) is 2.34. The van der Waals surface area contributed by atoms with Gasteiger partial charge in [-0.1, -0.05) is 30.7 Å². The molecule has 0 bridgehead atoms. The fourth-order valence-corrected chi connectivity index (χ4v) is 2.22. The molecule has 96 valence electrons. The smallest absolute Gasteiger partial charge is 0.267 e. The van der Waals surface area contributed by atoms with E-state index >= 15 is 0 Å².